The third-order valence-corrected chi connectivity index (χ3v) is 5.68. The van der Waals surface area contributed by atoms with E-state index < -0.39 is 27.2 Å². The van der Waals surface area contributed by atoms with Crippen LogP contribution in [0.3, 0.4) is 0 Å². The molecule has 2 aromatic rings. The number of nitrogens with one attached hydrogen (secondary N) is 1. The van der Waals surface area contributed by atoms with Crippen molar-refractivity contribution >= 4 is 39.4 Å². The number of anilines is 1. The van der Waals surface area contributed by atoms with Crippen LogP contribution in [0.5, 0.6) is 0 Å². The summed E-state index contributed by atoms with van der Waals surface area (Å²) in [5.41, 5.74) is 1.13. The van der Waals surface area contributed by atoms with E-state index in [9.17, 15) is 18.0 Å². The summed E-state index contributed by atoms with van der Waals surface area (Å²) < 4.78 is 27.1. The van der Waals surface area contributed by atoms with Crippen LogP contribution in [0.15, 0.2) is 58.3 Å². The highest BCUT2D eigenvalue weighted by atomic mass is 32.2. The van der Waals surface area contributed by atoms with E-state index in [1.807, 2.05) is 6.92 Å². The van der Waals surface area contributed by atoms with Crippen LogP contribution in [0, 0.1) is 6.92 Å². The summed E-state index contributed by atoms with van der Waals surface area (Å²) in [7, 11) is -3.80. The molecule has 0 aliphatic rings. The Kier molecular flexibility index (Phi) is 5.70. The zero-order valence-electron chi connectivity index (χ0n) is 13.0. The Morgan fingerprint density at radius 3 is 2.20 bits per heavy atom. The van der Waals surface area contributed by atoms with E-state index >= 15 is 0 Å². The van der Waals surface area contributed by atoms with E-state index in [4.69, 9.17) is 10.2 Å². The van der Waals surface area contributed by atoms with E-state index in [1.165, 1.54) is 36.4 Å². The minimum absolute atomic E-state index is 0.0881. The Morgan fingerprint density at radius 1 is 1.04 bits per heavy atom. The number of carboxylic acid groups (broad SMARTS) is 2. The van der Waals surface area contributed by atoms with Crippen molar-refractivity contribution in [3.05, 3.63) is 54.1 Å². The number of carboxylic acids is 2. The van der Waals surface area contributed by atoms with Gasteiger partial charge in [0.15, 0.2) is 0 Å². The molecule has 132 valence electrons. The molecule has 0 fully saturated rings. The van der Waals surface area contributed by atoms with Gasteiger partial charge in [0.1, 0.15) is 0 Å². The second-order valence-electron chi connectivity index (χ2n) is 5.12. The predicted molar refractivity (Wildman–Crippen MR) is 93.3 cm³/mol. The Bertz CT molecular complexity index is 879. The van der Waals surface area contributed by atoms with Crippen LogP contribution in [0.2, 0.25) is 0 Å². The minimum Gasteiger partial charge on any atom is -0.480 e. The smallest absolute Gasteiger partial charge is 0.328 e. The van der Waals surface area contributed by atoms with Crippen molar-refractivity contribution in [3.63, 3.8) is 0 Å². The third kappa shape index (κ3) is 4.97. The average molecular weight is 381 g/mol. The molecule has 0 amide bonds. The molecule has 0 saturated heterocycles. The monoisotopic (exact) mass is 381 g/mol. The summed E-state index contributed by atoms with van der Waals surface area (Å²) in [4.78, 5) is 22.3. The lowest BCUT2D eigenvalue weighted by Crippen LogP contribution is -2.26. The van der Waals surface area contributed by atoms with Crippen LogP contribution in [-0.4, -0.2) is 35.8 Å². The topological polar surface area (TPSA) is 121 Å². The Hall–Kier alpha value is -2.52. The van der Waals surface area contributed by atoms with Crippen molar-refractivity contribution in [2.75, 3.05) is 4.72 Å². The Morgan fingerprint density at radius 2 is 1.64 bits per heavy atom. The van der Waals surface area contributed by atoms with Crippen molar-refractivity contribution in [1.29, 1.82) is 0 Å². The molecule has 2 aromatic carbocycles. The first kappa shape index (κ1) is 18.8. The SMILES string of the molecule is Cc1ccc(S(=O)(=O)Nc2cccc(SC(C(=O)O)C(=O)O)c2)cc1. The van der Waals surface area contributed by atoms with E-state index in [-0.39, 0.29) is 10.6 Å². The first-order chi connectivity index (χ1) is 11.7. The normalized spacial score (nSPS) is 11.3. The molecule has 0 radical (unpaired) electrons. The molecule has 0 aliphatic carbocycles. The van der Waals surface area contributed by atoms with Crippen molar-refractivity contribution in [3.8, 4) is 0 Å². The van der Waals surface area contributed by atoms with Crippen LogP contribution in [0.1, 0.15) is 5.56 Å². The van der Waals surface area contributed by atoms with Crippen molar-refractivity contribution in [2.45, 2.75) is 22.0 Å². The number of benzene rings is 2. The number of carbonyl (C=O) groups is 2. The lowest BCUT2D eigenvalue weighted by Gasteiger charge is -2.11. The highest BCUT2D eigenvalue weighted by molar-refractivity contribution is 8.01. The quantitative estimate of drug-likeness (QED) is 0.497. The molecule has 2 rings (SSSR count). The summed E-state index contributed by atoms with van der Waals surface area (Å²) in [5, 5.41) is 16.2. The lowest BCUT2D eigenvalue weighted by molar-refractivity contribution is -0.146. The van der Waals surface area contributed by atoms with E-state index in [1.54, 1.807) is 12.1 Å². The molecule has 25 heavy (non-hydrogen) atoms. The number of thioether (sulfide) groups is 1. The van der Waals surface area contributed by atoms with Crippen LogP contribution in [0.25, 0.3) is 0 Å². The second-order valence-corrected chi connectivity index (χ2v) is 7.98. The molecule has 9 heteroatoms. The maximum absolute atomic E-state index is 12.4. The van der Waals surface area contributed by atoms with Crippen molar-refractivity contribution in [1.82, 2.24) is 0 Å². The van der Waals surface area contributed by atoms with Crippen LogP contribution in [-0.2, 0) is 19.6 Å². The summed E-state index contributed by atoms with van der Waals surface area (Å²) in [6, 6.07) is 12.2. The fraction of sp³-hybridized carbons (Fsp3) is 0.125. The Balaban J connectivity index is 2.22. The van der Waals surface area contributed by atoms with E-state index in [2.05, 4.69) is 4.72 Å². The molecule has 0 unspecified atom stereocenters. The largest absolute Gasteiger partial charge is 0.480 e. The highest BCUT2D eigenvalue weighted by Gasteiger charge is 2.27. The Labute approximate surface area is 148 Å². The van der Waals surface area contributed by atoms with Gasteiger partial charge in [-0.05, 0) is 37.3 Å². The second kappa shape index (κ2) is 7.58. The zero-order valence-corrected chi connectivity index (χ0v) is 14.7. The van der Waals surface area contributed by atoms with Gasteiger partial charge in [-0.1, -0.05) is 35.5 Å². The number of rotatable bonds is 7. The van der Waals surface area contributed by atoms with Gasteiger partial charge in [-0.3, -0.25) is 14.3 Å². The maximum Gasteiger partial charge on any atom is 0.328 e. The summed E-state index contributed by atoms with van der Waals surface area (Å²) in [6.07, 6.45) is 0. The van der Waals surface area contributed by atoms with Gasteiger partial charge >= 0.3 is 11.9 Å². The molecule has 3 N–H and O–H groups in total. The molecule has 7 nitrogen and oxygen atoms in total. The van der Waals surface area contributed by atoms with Crippen molar-refractivity contribution < 1.29 is 28.2 Å². The van der Waals surface area contributed by atoms with Gasteiger partial charge in [-0.25, -0.2) is 8.42 Å². The molecule has 0 heterocycles. The standard InChI is InChI=1S/C16H15NO6S2/c1-10-5-7-13(8-6-10)25(22,23)17-11-3-2-4-12(9-11)24-14(15(18)19)16(20)21/h2-9,14,17H,1H3,(H,18,19)(H,20,21). The number of hydrogen-bond acceptors (Lipinski definition) is 5. The van der Waals surface area contributed by atoms with Gasteiger partial charge in [-0.2, -0.15) is 0 Å². The summed E-state index contributed by atoms with van der Waals surface area (Å²) in [5.74, 6) is -2.97. The molecule has 0 aromatic heterocycles. The molecular weight excluding hydrogens is 366 g/mol. The summed E-state index contributed by atoms with van der Waals surface area (Å²) >= 11 is 0.609. The first-order valence-corrected chi connectivity index (χ1v) is 9.37. The van der Waals surface area contributed by atoms with Crippen LogP contribution >= 0.6 is 11.8 Å². The summed E-state index contributed by atoms with van der Waals surface area (Å²) in [6.45, 7) is 1.84. The van der Waals surface area contributed by atoms with E-state index in [0.29, 0.717) is 16.7 Å². The highest BCUT2D eigenvalue weighted by Crippen LogP contribution is 2.27. The molecule has 0 aliphatic heterocycles. The molecule has 0 bridgehead atoms. The average Bonchev–Trinajstić information content (AvgIpc) is 2.52. The van der Waals surface area contributed by atoms with Gasteiger partial charge in [0, 0.05) is 10.6 Å². The zero-order chi connectivity index (χ0) is 18.6. The number of aryl methyl sites for hydroxylation is 1. The minimum atomic E-state index is -3.80. The van der Waals surface area contributed by atoms with Gasteiger partial charge < -0.3 is 10.2 Å². The molecule has 0 spiro atoms. The van der Waals surface area contributed by atoms with Crippen LogP contribution in [0.4, 0.5) is 5.69 Å². The number of sulfonamides is 1. The third-order valence-electron chi connectivity index (χ3n) is 3.12. The number of hydrogen-bond donors (Lipinski definition) is 3. The fourth-order valence-electron chi connectivity index (χ4n) is 1.91. The van der Waals surface area contributed by atoms with Crippen LogP contribution < -0.4 is 4.72 Å². The van der Waals surface area contributed by atoms with E-state index in [0.717, 1.165) is 5.56 Å². The van der Waals surface area contributed by atoms with Crippen molar-refractivity contribution in [2.24, 2.45) is 0 Å². The first-order valence-electron chi connectivity index (χ1n) is 7.01. The lowest BCUT2D eigenvalue weighted by atomic mass is 10.2. The maximum atomic E-state index is 12.4. The van der Waals surface area contributed by atoms with Gasteiger partial charge in [-0.15, -0.1) is 0 Å². The molecule has 0 saturated carbocycles. The fourth-order valence-corrected chi connectivity index (χ4v) is 3.78. The van der Waals surface area contributed by atoms with Gasteiger partial charge in [0.25, 0.3) is 10.0 Å². The predicted octanol–water partition coefficient (Wildman–Crippen LogP) is 2.43. The van der Waals surface area contributed by atoms with Gasteiger partial charge in [0.2, 0.25) is 5.25 Å². The molecule has 0 atom stereocenters. The number of aliphatic carboxylic acids is 2. The molecular formula is C16H15NO6S2. The van der Waals surface area contributed by atoms with Gasteiger partial charge in [0.05, 0.1) is 4.90 Å².